The number of aromatic nitrogens is 4. The van der Waals surface area contributed by atoms with E-state index in [9.17, 15) is 0 Å². The highest BCUT2D eigenvalue weighted by Gasteiger charge is 2.20. The van der Waals surface area contributed by atoms with Crippen molar-refractivity contribution >= 4 is 50.7 Å². The Kier molecular flexibility index (Phi) is 8.40. The van der Waals surface area contributed by atoms with Crippen molar-refractivity contribution in [3.8, 4) is 16.8 Å². The first-order valence-electron chi connectivity index (χ1n) is 11.1. The van der Waals surface area contributed by atoms with Crippen LogP contribution >= 0.6 is 22.9 Å². The van der Waals surface area contributed by atoms with Crippen LogP contribution in [-0.2, 0) is 9.59 Å². The molecule has 3 aromatic heterocycles. The van der Waals surface area contributed by atoms with Crippen LogP contribution in [0.1, 0.15) is 12.2 Å². The lowest BCUT2D eigenvalue weighted by Crippen LogP contribution is -2.47. The van der Waals surface area contributed by atoms with Crippen LogP contribution in [0.3, 0.4) is 0 Å². The van der Waals surface area contributed by atoms with E-state index in [1.165, 1.54) is 21.4 Å². The minimum atomic E-state index is -1.82. The normalized spacial score (nSPS) is 13.9. The van der Waals surface area contributed by atoms with Crippen LogP contribution in [-0.4, -0.2) is 85.9 Å². The Morgan fingerprint density at radius 2 is 1.86 bits per heavy atom. The third-order valence-electron chi connectivity index (χ3n) is 5.29. The molecule has 1 aliphatic heterocycles. The SMILES string of the molecule is Cc1noc(-c2csc(OCCCN3CCN(c4nsc5ccccc45)CC3)n2)n1.O=C(O)C(=O)O. The lowest BCUT2D eigenvalue weighted by Gasteiger charge is -2.35. The van der Waals surface area contributed by atoms with E-state index in [4.69, 9.17) is 29.1 Å². The lowest BCUT2D eigenvalue weighted by molar-refractivity contribution is -0.159. The largest absolute Gasteiger partial charge is 0.473 e. The topological polar surface area (TPSA) is 155 Å². The number of piperazine rings is 1. The van der Waals surface area contributed by atoms with E-state index in [-0.39, 0.29) is 0 Å². The van der Waals surface area contributed by atoms with Gasteiger partial charge < -0.3 is 24.4 Å². The molecule has 0 unspecified atom stereocenters. The highest BCUT2D eigenvalue weighted by molar-refractivity contribution is 7.13. The van der Waals surface area contributed by atoms with Crippen molar-refractivity contribution in [1.29, 1.82) is 0 Å². The molecule has 0 atom stereocenters. The number of hydrogen-bond acceptors (Lipinski definition) is 12. The summed E-state index contributed by atoms with van der Waals surface area (Å²) in [7, 11) is 0. The summed E-state index contributed by atoms with van der Waals surface area (Å²) in [6.07, 6.45) is 0.966. The van der Waals surface area contributed by atoms with Gasteiger partial charge in [-0.1, -0.05) is 28.6 Å². The number of aryl methyl sites for hydroxylation is 1. The second kappa shape index (κ2) is 11.9. The number of benzene rings is 1. The molecule has 1 fully saturated rings. The molecule has 0 bridgehead atoms. The van der Waals surface area contributed by atoms with Gasteiger partial charge in [0, 0.05) is 43.5 Å². The quantitative estimate of drug-likeness (QED) is 0.265. The van der Waals surface area contributed by atoms with Crippen LogP contribution < -0.4 is 9.64 Å². The average molecular weight is 533 g/mol. The number of thiazole rings is 1. The van der Waals surface area contributed by atoms with Crippen molar-refractivity contribution < 1.29 is 29.1 Å². The van der Waals surface area contributed by atoms with E-state index in [2.05, 4.69) is 53.6 Å². The maximum Gasteiger partial charge on any atom is 0.414 e. The Bertz CT molecular complexity index is 1300. The number of aliphatic carboxylic acids is 2. The van der Waals surface area contributed by atoms with E-state index in [0.29, 0.717) is 29.2 Å². The molecule has 2 N–H and O–H groups in total. The molecule has 1 aliphatic rings. The molecule has 4 heterocycles. The van der Waals surface area contributed by atoms with Gasteiger partial charge in [0.2, 0.25) is 0 Å². The summed E-state index contributed by atoms with van der Waals surface area (Å²) in [5, 5.41) is 22.4. The fraction of sp³-hybridized carbons (Fsp3) is 0.364. The van der Waals surface area contributed by atoms with Gasteiger partial charge in [0.05, 0.1) is 11.3 Å². The molecule has 0 aliphatic carbocycles. The van der Waals surface area contributed by atoms with Crippen LogP contribution in [0.25, 0.3) is 21.7 Å². The summed E-state index contributed by atoms with van der Waals surface area (Å²) in [4.78, 5) is 31.7. The molecular formula is C22H24N6O6S2. The monoisotopic (exact) mass is 532 g/mol. The molecule has 36 heavy (non-hydrogen) atoms. The predicted molar refractivity (Wildman–Crippen MR) is 134 cm³/mol. The summed E-state index contributed by atoms with van der Waals surface area (Å²) < 4.78 is 16.9. The third-order valence-corrected chi connectivity index (χ3v) is 6.86. The fourth-order valence-corrected chi connectivity index (χ4v) is 5.02. The van der Waals surface area contributed by atoms with E-state index in [0.717, 1.165) is 45.0 Å². The maximum atomic E-state index is 9.10. The molecular weight excluding hydrogens is 508 g/mol. The third kappa shape index (κ3) is 6.53. The molecule has 12 nitrogen and oxygen atoms in total. The Hall–Kier alpha value is -3.62. The van der Waals surface area contributed by atoms with Crippen LogP contribution in [0.2, 0.25) is 0 Å². The zero-order valence-corrected chi connectivity index (χ0v) is 21.0. The van der Waals surface area contributed by atoms with E-state index < -0.39 is 11.9 Å². The molecule has 1 saturated heterocycles. The number of hydrogen-bond donors (Lipinski definition) is 2. The van der Waals surface area contributed by atoms with Crippen LogP contribution in [0, 0.1) is 6.92 Å². The van der Waals surface area contributed by atoms with Gasteiger partial charge >= 0.3 is 11.9 Å². The summed E-state index contributed by atoms with van der Waals surface area (Å²) in [6, 6.07) is 8.47. The molecule has 0 radical (unpaired) electrons. The minimum absolute atomic E-state index is 0.435. The number of anilines is 1. The first-order valence-corrected chi connectivity index (χ1v) is 12.7. The highest BCUT2D eigenvalue weighted by atomic mass is 32.1. The van der Waals surface area contributed by atoms with Crippen molar-refractivity contribution in [2.45, 2.75) is 13.3 Å². The Labute approximate surface area is 213 Å². The second-order valence-electron chi connectivity index (χ2n) is 7.79. The zero-order chi connectivity index (χ0) is 25.5. The summed E-state index contributed by atoms with van der Waals surface area (Å²) in [6.45, 7) is 7.56. The number of nitrogens with zero attached hydrogens (tertiary/aromatic N) is 6. The summed E-state index contributed by atoms with van der Waals surface area (Å²) in [5.74, 6) is -1.48. The van der Waals surface area contributed by atoms with E-state index in [1.807, 2.05) is 5.38 Å². The Balaban J connectivity index is 0.000000455. The number of ether oxygens (including phenoxy) is 1. The van der Waals surface area contributed by atoms with Gasteiger partial charge in [-0.25, -0.2) is 9.59 Å². The van der Waals surface area contributed by atoms with Crippen molar-refractivity contribution in [2.75, 3.05) is 44.2 Å². The molecule has 0 spiro atoms. The Morgan fingerprint density at radius 1 is 1.11 bits per heavy atom. The number of carbonyl (C=O) groups is 2. The van der Waals surface area contributed by atoms with E-state index >= 15 is 0 Å². The molecule has 0 amide bonds. The maximum absolute atomic E-state index is 9.10. The van der Waals surface area contributed by atoms with Crippen molar-refractivity contribution in [2.24, 2.45) is 0 Å². The number of carboxylic acids is 2. The van der Waals surface area contributed by atoms with Gasteiger partial charge in [0.15, 0.2) is 5.82 Å². The van der Waals surface area contributed by atoms with E-state index in [1.54, 1.807) is 18.5 Å². The first-order chi connectivity index (χ1) is 17.4. The standard InChI is InChI=1S/C20H22N6O2S2.C2H2O4/c1-14-21-19(28-23-14)16-13-29-20(22-16)27-12-4-7-25-8-10-26(11-9-25)18-15-5-2-3-6-17(15)30-24-18;3-1(4)2(5)6/h2-3,5-6,13H,4,7-12H2,1H3;(H,3,4)(H,5,6). The first kappa shape index (κ1) is 25.5. The van der Waals surface area contributed by atoms with Crippen molar-refractivity contribution in [3.63, 3.8) is 0 Å². The van der Waals surface area contributed by atoms with Gasteiger partial charge in [0.25, 0.3) is 11.1 Å². The number of rotatable bonds is 7. The van der Waals surface area contributed by atoms with Gasteiger partial charge in [0.1, 0.15) is 11.5 Å². The molecule has 14 heteroatoms. The van der Waals surface area contributed by atoms with Crippen LogP contribution in [0.15, 0.2) is 34.2 Å². The average Bonchev–Trinajstić information content (AvgIpc) is 3.62. The Morgan fingerprint density at radius 3 is 2.56 bits per heavy atom. The minimum Gasteiger partial charge on any atom is -0.473 e. The highest BCUT2D eigenvalue weighted by Crippen LogP contribution is 2.30. The van der Waals surface area contributed by atoms with Crippen LogP contribution in [0.5, 0.6) is 5.19 Å². The van der Waals surface area contributed by atoms with Gasteiger partial charge in [-0.2, -0.15) is 14.3 Å². The van der Waals surface area contributed by atoms with Crippen molar-refractivity contribution in [3.05, 3.63) is 35.5 Å². The van der Waals surface area contributed by atoms with Crippen LogP contribution in [0.4, 0.5) is 5.82 Å². The lowest BCUT2D eigenvalue weighted by atomic mass is 10.2. The number of carboxylic acid groups (broad SMARTS) is 2. The van der Waals surface area contributed by atoms with Gasteiger partial charge in [-0.15, -0.1) is 0 Å². The molecule has 0 saturated carbocycles. The predicted octanol–water partition coefficient (Wildman–Crippen LogP) is 2.86. The van der Waals surface area contributed by atoms with Gasteiger partial charge in [-0.05, 0) is 37.0 Å². The van der Waals surface area contributed by atoms with Crippen molar-refractivity contribution in [1.82, 2.24) is 24.4 Å². The summed E-state index contributed by atoms with van der Waals surface area (Å²) in [5.41, 5.74) is 0.668. The summed E-state index contributed by atoms with van der Waals surface area (Å²) >= 11 is 3.04. The zero-order valence-electron chi connectivity index (χ0n) is 19.4. The second-order valence-corrected chi connectivity index (χ2v) is 9.41. The smallest absolute Gasteiger partial charge is 0.414 e. The molecule has 5 rings (SSSR count). The molecule has 190 valence electrons. The fourth-order valence-electron chi connectivity index (χ4n) is 3.55. The molecule has 1 aromatic carbocycles. The number of fused-ring (bicyclic) bond motifs is 1. The molecule has 4 aromatic rings. The van der Waals surface area contributed by atoms with Gasteiger partial charge in [-0.3, -0.25) is 4.90 Å².